The molecule has 0 aromatic heterocycles. The molecule has 0 saturated carbocycles. The van der Waals surface area contributed by atoms with Gasteiger partial charge < -0.3 is 15.5 Å². The smallest absolute Gasteiger partial charge is 0.335 e. The molecule has 39 heavy (non-hydrogen) atoms. The summed E-state index contributed by atoms with van der Waals surface area (Å²) in [6, 6.07) is 27.3. The van der Waals surface area contributed by atoms with Crippen LogP contribution in [-0.4, -0.2) is 60.7 Å². The molecule has 0 bridgehead atoms. The van der Waals surface area contributed by atoms with Crippen LogP contribution in [0, 0.1) is 0 Å². The lowest BCUT2D eigenvalue weighted by Crippen LogP contribution is -2.47. The van der Waals surface area contributed by atoms with Crippen molar-refractivity contribution >= 4 is 26.8 Å². The Morgan fingerprint density at radius 2 is 1.59 bits per heavy atom. The first-order chi connectivity index (χ1) is 18.4. The van der Waals surface area contributed by atoms with Gasteiger partial charge >= 0.3 is 5.97 Å². The largest absolute Gasteiger partial charge is 0.478 e. The van der Waals surface area contributed by atoms with Gasteiger partial charge in [-0.25, -0.2) is 13.2 Å². The third-order valence-electron chi connectivity index (χ3n) is 6.75. The average Bonchev–Trinajstić information content (AvgIpc) is 2.92. The summed E-state index contributed by atoms with van der Waals surface area (Å²) in [6.45, 7) is 4.28. The van der Waals surface area contributed by atoms with Gasteiger partial charge in [0.2, 0.25) is 10.0 Å². The third-order valence-corrected chi connectivity index (χ3v) is 8.57. The Hall–Kier alpha value is -3.56. The molecule has 0 amide bonds. The number of aromatic carboxylic acids is 1. The van der Waals surface area contributed by atoms with Crippen LogP contribution in [0.25, 0.3) is 21.9 Å². The second-order valence-electron chi connectivity index (χ2n) is 10.5. The fourth-order valence-corrected chi connectivity index (χ4v) is 5.85. The number of carbonyl (C=O) groups is 1. The fraction of sp³-hybridized carbons (Fsp3) is 0.258. The van der Waals surface area contributed by atoms with Crippen molar-refractivity contribution in [2.75, 3.05) is 20.1 Å². The Bertz CT molecular complexity index is 1570. The molecule has 0 radical (unpaired) electrons. The molecule has 0 aliphatic heterocycles. The highest BCUT2D eigenvalue weighted by Crippen LogP contribution is 2.25. The van der Waals surface area contributed by atoms with Crippen LogP contribution in [0.5, 0.6) is 0 Å². The first kappa shape index (κ1) is 28.4. The molecule has 4 rings (SSSR count). The standard InChI is InChI=1S/C31H34N2O5S/c1-31(2,19-22-11-12-23-7-4-5-8-26(23)17-22)32-20-28(34)21-33(3)39(37,38)29-10-6-9-27(18-29)24-13-15-25(16-14-24)30(35)36/h4-18,28,32,34H,19-21H2,1-3H3,(H,35,36). The Labute approximate surface area is 229 Å². The van der Waals surface area contributed by atoms with Crippen LogP contribution in [0.4, 0.5) is 0 Å². The monoisotopic (exact) mass is 546 g/mol. The quantitative estimate of drug-likeness (QED) is 0.250. The Balaban J connectivity index is 1.37. The summed E-state index contributed by atoms with van der Waals surface area (Å²) >= 11 is 0. The minimum Gasteiger partial charge on any atom is -0.478 e. The molecule has 4 aromatic carbocycles. The number of carboxylic acids is 1. The maximum absolute atomic E-state index is 13.3. The molecule has 204 valence electrons. The zero-order valence-corrected chi connectivity index (χ0v) is 23.2. The van der Waals surface area contributed by atoms with Crippen molar-refractivity contribution in [3.05, 3.63) is 102 Å². The lowest BCUT2D eigenvalue weighted by Gasteiger charge is -2.29. The van der Waals surface area contributed by atoms with Crippen LogP contribution < -0.4 is 5.32 Å². The number of β-amino-alcohol motifs (C(OH)–C–C–N with tert-alkyl or cyclic N) is 1. The van der Waals surface area contributed by atoms with Crippen molar-refractivity contribution < 1.29 is 23.4 Å². The van der Waals surface area contributed by atoms with Crippen molar-refractivity contribution in [2.24, 2.45) is 0 Å². The number of hydrogen-bond acceptors (Lipinski definition) is 5. The first-order valence-electron chi connectivity index (χ1n) is 12.8. The second kappa shape index (κ2) is 11.7. The topological polar surface area (TPSA) is 107 Å². The summed E-state index contributed by atoms with van der Waals surface area (Å²) in [5, 5.41) is 25.5. The van der Waals surface area contributed by atoms with Crippen LogP contribution in [0.3, 0.4) is 0 Å². The maximum atomic E-state index is 13.3. The SMILES string of the molecule is CN(CC(O)CNC(C)(C)Cc1ccc2ccccc2c1)S(=O)(=O)c1cccc(-c2ccc(C(=O)O)cc2)c1. The van der Waals surface area contributed by atoms with E-state index in [0.29, 0.717) is 11.1 Å². The van der Waals surface area contributed by atoms with E-state index in [2.05, 4.69) is 49.5 Å². The van der Waals surface area contributed by atoms with E-state index < -0.39 is 22.1 Å². The van der Waals surface area contributed by atoms with E-state index in [0.717, 1.165) is 10.7 Å². The summed E-state index contributed by atoms with van der Waals surface area (Å²) in [5.41, 5.74) is 2.38. The molecule has 3 N–H and O–H groups in total. The number of hydrogen-bond donors (Lipinski definition) is 3. The summed E-state index contributed by atoms with van der Waals surface area (Å²) < 4.78 is 27.7. The predicted molar refractivity (Wildman–Crippen MR) is 154 cm³/mol. The predicted octanol–water partition coefficient (Wildman–Crippen LogP) is 4.80. The van der Waals surface area contributed by atoms with Gasteiger partial charge in [0.15, 0.2) is 0 Å². The molecule has 8 heteroatoms. The van der Waals surface area contributed by atoms with Crippen LogP contribution in [0.2, 0.25) is 0 Å². The van der Waals surface area contributed by atoms with Crippen molar-refractivity contribution in [2.45, 2.75) is 36.8 Å². The highest BCUT2D eigenvalue weighted by molar-refractivity contribution is 7.89. The van der Waals surface area contributed by atoms with Gasteiger partial charge in [0, 0.05) is 25.7 Å². The Morgan fingerprint density at radius 3 is 2.28 bits per heavy atom. The summed E-state index contributed by atoms with van der Waals surface area (Å²) in [5.74, 6) is -1.02. The van der Waals surface area contributed by atoms with Gasteiger partial charge in [0.05, 0.1) is 16.6 Å². The number of likely N-dealkylation sites (N-methyl/N-ethyl adjacent to an activating group) is 1. The minimum atomic E-state index is -3.86. The highest BCUT2D eigenvalue weighted by Gasteiger charge is 2.25. The van der Waals surface area contributed by atoms with E-state index in [4.69, 9.17) is 5.11 Å². The summed E-state index contributed by atoms with van der Waals surface area (Å²) in [6.07, 6.45) is -0.161. The van der Waals surface area contributed by atoms with E-state index in [9.17, 15) is 18.3 Å². The molecule has 0 spiro atoms. The average molecular weight is 547 g/mol. The molecule has 7 nitrogen and oxygen atoms in total. The second-order valence-corrected chi connectivity index (χ2v) is 12.5. The maximum Gasteiger partial charge on any atom is 0.335 e. The van der Waals surface area contributed by atoms with Crippen LogP contribution in [0.15, 0.2) is 95.9 Å². The summed E-state index contributed by atoms with van der Waals surface area (Å²) in [4.78, 5) is 11.2. The van der Waals surface area contributed by atoms with Gasteiger partial charge in [-0.3, -0.25) is 0 Å². The van der Waals surface area contributed by atoms with Crippen LogP contribution in [0.1, 0.15) is 29.8 Å². The van der Waals surface area contributed by atoms with Gasteiger partial charge in [-0.1, -0.05) is 66.7 Å². The molecule has 1 atom stereocenters. The molecule has 0 aliphatic carbocycles. The number of aliphatic hydroxyl groups is 1. The third kappa shape index (κ3) is 7.10. The first-order valence-corrected chi connectivity index (χ1v) is 14.2. The zero-order chi connectivity index (χ0) is 28.2. The minimum absolute atomic E-state index is 0.0705. The number of rotatable bonds is 11. The number of sulfonamides is 1. The number of benzene rings is 4. The fourth-order valence-electron chi connectivity index (χ4n) is 4.60. The molecular weight excluding hydrogens is 512 g/mol. The molecule has 0 heterocycles. The van der Waals surface area contributed by atoms with E-state index in [-0.39, 0.29) is 29.1 Å². The van der Waals surface area contributed by atoms with Gasteiger partial charge in [-0.15, -0.1) is 0 Å². The van der Waals surface area contributed by atoms with E-state index in [1.165, 1.54) is 41.6 Å². The molecule has 1 unspecified atom stereocenters. The van der Waals surface area contributed by atoms with Crippen molar-refractivity contribution in [1.29, 1.82) is 0 Å². The van der Waals surface area contributed by atoms with E-state index in [1.54, 1.807) is 30.3 Å². The van der Waals surface area contributed by atoms with Gasteiger partial charge in [-0.05, 0) is 72.0 Å². The Morgan fingerprint density at radius 1 is 0.897 bits per heavy atom. The van der Waals surface area contributed by atoms with Gasteiger partial charge in [-0.2, -0.15) is 4.31 Å². The lowest BCUT2D eigenvalue weighted by molar-refractivity contribution is 0.0697. The normalized spacial score (nSPS) is 13.1. The molecular formula is C31H34N2O5S. The molecule has 0 aliphatic rings. The number of nitrogens with zero attached hydrogens (tertiary/aromatic N) is 1. The van der Waals surface area contributed by atoms with Crippen LogP contribution >= 0.6 is 0 Å². The van der Waals surface area contributed by atoms with Crippen LogP contribution in [-0.2, 0) is 16.4 Å². The Kier molecular flexibility index (Phi) is 8.51. The van der Waals surface area contributed by atoms with E-state index in [1.807, 2.05) is 12.1 Å². The highest BCUT2D eigenvalue weighted by atomic mass is 32.2. The van der Waals surface area contributed by atoms with Crippen molar-refractivity contribution in [3.8, 4) is 11.1 Å². The lowest BCUT2D eigenvalue weighted by atomic mass is 9.93. The molecule has 0 fully saturated rings. The molecule has 4 aromatic rings. The van der Waals surface area contributed by atoms with E-state index >= 15 is 0 Å². The van der Waals surface area contributed by atoms with Gasteiger partial charge in [0.25, 0.3) is 0 Å². The summed E-state index contributed by atoms with van der Waals surface area (Å²) in [7, 11) is -2.41. The number of fused-ring (bicyclic) bond motifs is 1. The van der Waals surface area contributed by atoms with Crippen molar-refractivity contribution in [1.82, 2.24) is 9.62 Å². The number of carboxylic acid groups (broad SMARTS) is 1. The van der Waals surface area contributed by atoms with Gasteiger partial charge in [0.1, 0.15) is 0 Å². The molecule has 0 saturated heterocycles. The number of aliphatic hydroxyl groups excluding tert-OH is 1. The number of nitrogens with one attached hydrogen (secondary N) is 1. The zero-order valence-electron chi connectivity index (χ0n) is 22.3. The van der Waals surface area contributed by atoms with Crippen molar-refractivity contribution in [3.63, 3.8) is 0 Å².